The van der Waals surface area contributed by atoms with Crippen molar-refractivity contribution in [3.05, 3.63) is 24.2 Å². The van der Waals surface area contributed by atoms with E-state index in [0.717, 1.165) is 42.8 Å². The Bertz CT molecular complexity index is 907. The van der Waals surface area contributed by atoms with E-state index in [4.69, 9.17) is 4.74 Å². The molecule has 1 saturated carbocycles. The van der Waals surface area contributed by atoms with Gasteiger partial charge in [0.1, 0.15) is 12.1 Å². The molecule has 0 spiro atoms. The molecule has 3 aliphatic rings. The molecule has 0 radical (unpaired) electrons. The number of sulfone groups is 1. The van der Waals surface area contributed by atoms with Crippen molar-refractivity contribution in [2.24, 2.45) is 0 Å². The Balaban J connectivity index is 1.64. The molecule has 7 nitrogen and oxygen atoms in total. The molecule has 4 heterocycles. The molecule has 3 fully saturated rings. The van der Waals surface area contributed by atoms with Gasteiger partial charge in [-0.25, -0.2) is 17.9 Å². The molecule has 1 aliphatic carbocycles. The molecule has 0 amide bonds. The summed E-state index contributed by atoms with van der Waals surface area (Å²) in [4.78, 5) is 6.41. The first-order valence-corrected chi connectivity index (χ1v) is 10.3. The molecule has 2 bridgehead atoms. The summed E-state index contributed by atoms with van der Waals surface area (Å²) in [6, 6.07) is 1.97. The Morgan fingerprint density at radius 1 is 1.25 bits per heavy atom. The summed E-state index contributed by atoms with van der Waals surface area (Å²) < 4.78 is 31.6. The van der Waals surface area contributed by atoms with Gasteiger partial charge in [0.2, 0.25) is 0 Å². The maximum absolute atomic E-state index is 12.4. The summed E-state index contributed by atoms with van der Waals surface area (Å²) >= 11 is 0. The van der Waals surface area contributed by atoms with E-state index in [0.29, 0.717) is 12.8 Å². The van der Waals surface area contributed by atoms with Crippen LogP contribution in [0.2, 0.25) is 0 Å². The zero-order valence-electron chi connectivity index (χ0n) is 13.6. The lowest BCUT2D eigenvalue weighted by molar-refractivity contribution is 0.0301. The molecule has 2 atom stereocenters. The number of fused-ring (bicyclic) bond motifs is 3. The van der Waals surface area contributed by atoms with E-state index in [1.165, 1.54) is 6.26 Å². The molecule has 0 N–H and O–H groups in total. The van der Waals surface area contributed by atoms with Crippen molar-refractivity contribution in [3.63, 3.8) is 0 Å². The highest BCUT2D eigenvalue weighted by atomic mass is 32.2. The maximum Gasteiger partial charge on any atom is 0.157 e. The second-order valence-electron chi connectivity index (χ2n) is 7.27. The fourth-order valence-electron chi connectivity index (χ4n) is 4.18. The largest absolute Gasteiger partial charge is 0.371 e. The second kappa shape index (κ2) is 4.70. The number of nitrogens with zero attached hydrogens (tertiary/aromatic N) is 4. The van der Waals surface area contributed by atoms with E-state index in [1.807, 2.05) is 6.07 Å². The topological polar surface area (TPSA) is 76.8 Å². The van der Waals surface area contributed by atoms with Crippen LogP contribution in [-0.2, 0) is 19.3 Å². The van der Waals surface area contributed by atoms with Crippen LogP contribution in [0.25, 0.3) is 5.52 Å². The molecule has 128 valence electrons. The summed E-state index contributed by atoms with van der Waals surface area (Å²) in [5, 5.41) is 4.67. The van der Waals surface area contributed by atoms with Gasteiger partial charge in [0.05, 0.1) is 28.7 Å². The number of hydrogen-bond donors (Lipinski definition) is 0. The molecule has 2 unspecified atom stereocenters. The zero-order valence-corrected chi connectivity index (χ0v) is 14.4. The van der Waals surface area contributed by atoms with Crippen LogP contribution in [0.15, 0.2) is 18.6 Å². The Morgan fingerprint density at radius 2 is 1.96 bits per heavy atom. The first kappa shape index (κ1) is 14.7. The van der Waals surface area contributed by atoms with Gasteiger partial charge in [0.25, 0.3) is 0 Å². The molecule has 8 heteroatoms. The standard InChI is InChI=1S/C16H20N4O3S/c1-24(21,22)16(4-5-16)13-6-15(18-20-10-17-7-14(13)20)19-8-11-2-3-12(9-19)23-11/h6-7,10-12H,2-5,8-9H2,1H3. The minimum atomic E-state index is -3.18. The van der Waals surface area contributed by atoms with Crippen LogP contribution in [0.1, 0.15) is 31.2 Å². The van der Waals surface area contributed by atoms with Crippen molar-refractivity contribution in [1.82, 2.24) is 14.6 Å². The van der Waals surface area contributed by atoms with Crippen LogP contribution in [0.5, 0.6) is 0 Å². The minimum absolute atomic E-state index is 0.261. The van der Waals surface area contributed by atoms with Gasteiger partial charge in [-0.15, -0.1) is 5.10 Å². The number of ether oxygens (including phenoxy) is 1. The smallest absolute Gasteiger partial charge is 0.157 e. The van der Waals surface area contributed by atoms with Crippen LogP contribution in [0.3, 0.4) is 0 Å². The number of rotatable bonds is 3. The molecular formula is C16H20N4O3S. The van der Waals surface area contributed by atoms with Crippen LogP contribution >= 0.6 is 0 Å². The van der Waals surface area contributed by atoms with Crippen LogP contribution < -0.4 is 4.90 Å². The first-order chi connectivity index (χ1) is 11.5. The minimum Gasteiger partial charge on any atom is -0.371 e. The van der Waals surface area contributed by atoms with Crippen molar-refractivity contribution >= 4 is 21.2 Å². The highest BCUT2D eigenvalue weighted by Gasteiger charge is 2.55. The zero-order chi connectivity index (χ0) is 16.5. The number of anilines is 1. The van der Waals surface area contributed by atoms with Gasteiger partial charge in [0, 0.05) is 24.9 Å². The van der Waals surface area contributed by atoms with Gasteiger partial charge in [-0.2, -0.15) is 0 Å². The SMILES string of the molecule is CS(=O)(=O)C1(c2cc(N3CC4CCC(C3)O4)nn3cncc23)CC1. The third-order valence-electron chi connectivity index (χ3n) is 5.65. The Kier molecular flexibility index (Phi) is 2.87. The van der Waals surface area contributed by atoms with Crippen LogP contribution in [0, 0.1) is 0 Å². The first-order valence-electron chi connectivity index (χ1n) is 8.40. The van der Waals surface area contributed by atoms with Crippen LogP contribution in [0.4, 0.5) is 5.82 Å². The Labute approximate surface area is 140 Å². The summed E-state index contributed by atoms with van der Waals surface area (Å²) in [5.41, 5.74) is 1.63. The van der Waals surface area contributed by atoms with E-state index in [9.17, 15) is 8.42 Å². The third-order valence-corrected chi connectivity index (χ3v) is 7.70. The van der Waals surface area contributed by atoms with Gasteiger partial charge >= 0.3 is 0 Å². The van der Waals surface area contributed by atoms with E-state index in [-0.39, 0.29) is 12.2 Å². The lowest BCUT2D eigenvalue weighted by Crippen LogP contribution is -2.43. The number of imidazole rings is 1. The van der Waals surface area contributed by atoms with Crippen molar-refractivity contribution in [2.45, 2.75) is 42.6 Å². The van der Waals surface area contributed by atoms with Crippen molar-refractivity contribution < 1.29 is 13.2 Å². The van der Waals surface area contributed by atoms with E-state index in [2.05, 4.69) is 15.0 Å². The molecular weight excluding hydrogens is 328 g/mol. The number of hydrogen-bond acceptors (Lipinski definition) is 6. The summed E-state index contributed by atoms with van der Waals surface area (Å²) in [7, 11) is -3.18. The summed E-state index contributed by atoms with van der Waals surface area (Å²) in [6.45, 7) is 1.63. The van der Waals surface area contributed by atoms with Crippen LogP contribution in [-0.4, -0.2) is 54.6 Å². The molecule has 0 aromatic carbocycles. The van der Waals surface area contributed by atoms with Crippen molar-refractivity contribution in [1.29, 1.82) is 0 Å². The summed E-state index contributed by atoms with van der Waals surface area (Å²) in [6.07, 6.45) is 8.74. The number of morpholine rings is 1. The van der Waals surface area contributed by atoms with Gasteiger partial charge < -0.3 is 9.64 Å². The van der Waals surface area contributed by atoms with Gasteiger partial charge in [-0.1, -0.05) is 0 Å². The van der Waals surface area contributed by atoms with E-state index < -0.39 is 14.6 Å². The van der Waals surface area contributed by atoms with Gasteiger partial charge in [0.15, 0.2) is 9.84 Å². The normalized spacial score (nSPS) is 28.5. The molecule has 5 rings (SSSR count). The Morgan fingerprint density at radius 3 is 2.58 bits per heavy atom. The van der Waals surface area contributed by atoms with Gasteiger partial charge in [-0.05, 0) is 31.7 Å². The predicted molar refractivity (Wildman–Crippen MR) is 88.9 cm³/mol. The lowest BCUT2D eigenvalue weighted by atomic mass is 10.1. The van der Waals surface area contributed by atoms with E-state index >= 15 is 0 Å². The van der Waals surface area contributed by atoms with Crippen molar-refractivity contribution in [2.75, 3.05) is 24.2 Å². The average Bonchev–Trinajstić information content (AvgIpc) is 3.12. The third kappa shape index (κ3) is 2.02. The highest BCUT2D eigenvalue weighted by molar-refractivity contribution is 7.92. The molecule has 2 aromatic rings. The lowest BCUT2D eigenvalue weighted by Gasteiger charge is -2.33. The molecule has 2 aromatic heterocycles. The maximum atomic E-state index is 12.4. The second-order valence-corrected chi connectivity index (χ2v) is 9.59. The fourth-order valence-corrected chi connectivity index (χ4v) is 5.58. The molecule has 2 aliphatic heterocycles. The van der Waals surface area contributed by atoms with Crippen molar-refractivity contribution in [3.8, 4) is 0 Å². The quantitative estimate of drug-likeness (QED) is 0.828. The monoisotopic (exact) mass is 348 g/mol. The molecule has 24 heavy (non-hydrogen) atoms. The summed E-state index contributed by atoms with van der Waals surface area (Å²) in [5.74, 6) is 0.825. The number of aromatic nitrogens is 3. The average molecular weight is 348 g/mol. The highest BCUT2D eigenvalue weighted by Crippen LogP contribution is 2.54. The fraction of sp³-hybridized carbons (Fsp3) is 0.625. The predicted octanol–water partition coefficient (Wildman–Crippen LogP) is 1.13. The molecule has 2 saturated heterocycles. The Hall–Kier alpha value is -1.67. The van der Waals surface area contributed by atoms with E-state index in [1.54, 1.807) is 17.0 Å². The van der Waals surface area contributed by atoms with Gasteiger partial charge in [-0.3, -0.25) is 0 Å².